The molecule has 5 heteroatoms. The lowest BCUT2D eigenvalue weighted by atomic mass is 10.2. The summed E-state index contributed by atoms with van der Waals surface area (Å²) in [5, 5.41) is 8.33. The van der Waals surface area contributed by atoms with Gasteiger partial charge in [0.05, 0.1) is 10.6 Å². The van der Waals surface area contributed by atoms with E-state index in [1.54, 1.807) is 0 Å². The van der Waals surface area contributed by atoms with Crippen molar-refractivity contribution in [1.82, 2.24) is 0 Å². The molecule has 0 spiro atoms. The first-order valence-electron chi connectivity index (χ1n) is 6.69. The highest BCUT2D eigenvalue weighted by atomic mass is 79.9. The van der Waals surface area contributed by atoms with Crippen LogP contribution in [0.25, 0.3) is 6.08 Å². The number of carbonyl (C=O) groups is 1. The summed E-state index contributed by atoms with van der Waals surface area (Å²) in [5.41, 5.74) is 2.73. The molecule has 0 aromatic heterocycles. The van der Waals surface area contributed by atoms with Crippen LogP contribution < -0.4 is 4.90 Å². The van der Waals surface area contributed by atoms with Gasteiger partial charge in [-0.3, -0.25) is 15.1 Å². The van der Waals surface area contributed by atoms with Gasteiger partial charge >= 0.3 is 0 Å². The van der Waals surface area contributed by atoms with Crippen molar-refractivity contribution in [3.05, 3.63) is 69.0 Å². The SMILES string of the molecule is Cc1cccc(N2C(=N)S/C(=C\c3cccc(Br)c3)C2=O)c1. The zero-order valence-electron chi connectivity index (χ0n) is 11.8. The number of carbonyl (C=O) groups excluding carboxylic acids is 1. The predicted octanol–water partition coefficient (Wildman–Crippen LogP) is 4.81. The van der Waals surface area contributed by atoms with Crippen LogP contribution in [0.3, 0.4) is 0 Å². The van der Waals surface area contributed by atoms with E-state index in [4.69, 9.17) is 5.41 Å². The van der Waals surface area contributed by atoms with Crippen molar-refractivity contribution in [3.8, 4) is 0 Å². The third-order valence-corrected chi connectivity index (χ3v) is 4.61. The Labute approximate surface area is 141 Å². The molecule has 0 saturated carbocycles. The largest absolute Gasteiger partial charge is 0.278 e. The molecule has 0 unspecified atom stereocenters. The Morgan fingerprint density at radius 2 is 1.95 bits per heavy atom. The maximum absolute atomic E-state index is 12.6. The number of amidine groups is 1. The fraction of sp³-hybridized carbons (Fsp3) is 0.0588. The highest BCUT2D eigenvalue weighted by molar-refractivity contribution is 9.10. The van der Waals surface area contributed by atoms with Crippen molar-refractivity contribution in [2.24, 2.45) is 0 Å². The Morgan fingerprint density at radius 1 is 1.18 bits per heavy atom. The number of amides is 1. The lowest BCUT2D eigenvalue weighted by Gasteiger charge is -2.14. The van der Waals surface area contributed by atoms with E-state index in [-0.39, 0.29) is 11.1 Å². The molecule has 1 aliphatic heterocycles. The second-order valence-corrected chi connectivity index (χ2v) is 6.90. The molecule has 1 heterocycles. The van der Waals surface area contributed by atoms with Gasteiger partial charge < -0.3 is 0 Å². The number of anilines is 1. The average molecular weight is 373 g/mol. The summed E-state index contributed by atoms with van der Waals surface area (Å²) in [6.45, 7) is 1.97. The third kappa shape index (κ3) is 3.00. The van der Waals surface area contributed by atoms with Crippen LogP contribution in [-0.4, -0.2) is 11.1 Å². The molecule has 0 radical (unpaired) electrons. The van der Waals surface area contributed by atoms with E-state index in [0.29, 0.717) is 4.91 Å². The summed E-state index contributed by atoms with van der Waals surface area (Å²) >= 11 is 4.61. The molecule has 1 aliphatic rings. The number of rotatable bonds is 2. The molecule has 22 heavy (non-hydrogen) atoms. The number of benzene rings is 2. The number of hydrogen-bond donors (Lipinski definition) is 1. The van der Waals surface area contributed by atoms with Crippen LogP contribution in [0.2, 0.25) is 0 Å². The van der Waals surface area contributed by atoms with Crippen LogP contribution in [0.1, 0.15) is 11.1 Å². The van der Waals surface area contributed by atoms with Crippen molar-refractivity contribution in [1.29, 1.82) is 5.41 Å². The highest BCUT2D eigenvalue weighted by Gasteiger charge is 2.33. The number of halogens is 1. The van der Waals surface area contributed by atoms with Crippen molar-refractivity contribution in [2.45, 2.75) is 6.92 Å². The number of nitrogens with one attached hydrogen (secondary N) is 1. The fourth-order valence-electron chi connectivity index (χ4n) is 2.24. The molecule has 3 nitrogen and oxygen atoms in total. The minimum absolute atomic E-state index is 0.152. The van der Waals surface area contributed by atoms with Gasteiger partial charge in [-0.05, 0) is 60.2 Å². The monoisotopic (exact) mass is 372 g/mol. The van der Waals surface area contributed by atoms with E-state index in [1.165, 1.54) is 16.7 Å². The average Bonchev–Trinajstić information content (AvgIpc) is 2.73. The van der Waals surface area contributed by atoms with Crippen molar-refractivity contribution in [2.75, 3.05) is 4.90 Å². The Balaban J connectivity index is 1.95. The van der Waals surface area contributed by atoms with Crippen molar-refractivity contribution >= 4 is 50.5 Å². The van der Waals surface area contributed by atoms with Gasteiger partial charge in [0.15, 0.2) is 5.17 Å². The minimum Gasteiger partial charge on any atom is -0.278 e. The Hall–Kier alpha value is -1.85. The summed E-state index contributed by atoms with van der Waals surface area (Å²) in [4.78, 5) is 14.6. The van der Waals surface area contributed by atoms with E-state index in [0.717, 1.165) is 21.3 Å². The van der Waals surface area contributed by atoms with Gasteiger partial charge in [0.1, 0.15) is 0 Å². The maximum Gasteiger partial charge on any atom is 0.271 e. The maximum atomic E-state index is 12.6. The predicted molar refractivity (Wildman–Crippen MR) is 96.1 cm³/mol. The zero-order chi connectivity index (χ0) is 15.7. The van der Waals surface area contributed by atoms with Crippen LogP contribution in [0.5, 0.6) is 0 Å². The first-order chi connectivity index (χ1) is 10.5. The standard InChI is InChI=1S/C17H13BrN2OS/c1-11-4-2-7-14(8-11)20-16(21)15(22-17(20)19)10-12-5-3-6-13(18)9-12/h2-10,19H,1H3/b15-10-,19-17?. The number of thioether (sulfide) groups is 1. The minimum atomic E-state index is -0.152. The molecule has 2 aromatic rings. The lowest BCUT2D eigenvalue weighted by molar-refractivity contribution is -0.113. The van der Waals surface area contributed by atoms with Crippen LogP contribution in [-0.2, 0) is 4.79 Å². The molecule has 2 aromatic carbocycles. The first kappa shape index (κ1) is 15.1. The number of hydrogen-bond acceptors (Lipinski definition) is 3. The van der Waals surface area contributed by atoms with Gasteiger partial charge in [0.25, 0.3) is 5.91 Å². The summed E-state index contributed by atoms with van der Waals surface area (Å²) in [5.74, 6) is -0.152. The van der Waals surface area contributed by atoms with Crippen molar-refractivity contribution < 1.29 is 4.79 Å². The molecule has 1 fully saturated rings. The summed E-state index contributed by atoms with van der Waals surface area (Å²) < 4.78 is 0.961. The zero-order valence-corrected chi connectivity index (χ0v) is 14.2. The van der Waals surface area contributed by atoms with Gasteiger partial charge in [-0.1, -0.05) is 40.2 Å². The highest BCUT2D eigenvalue weighted by Crippen LogP contribution is 2.35. The lowest BCUT2D eigenvalue weighted by Crippen LogP contribution is -2.28. The van der Waals surface area contributed by atoms with Gasteiger partial charge in [0.2, 0.25) is 0 Å². The fourth-order valence-corrected chi connectivity index (χ4v) is 3.51. The second-order valence-electron chi connectivity index (χ2n) is 4.95. The topological polar surface area (TPSA) is 44.2 Å². The van der Waals surface area contributed by atoms with Gasteiger partial charge in [0, 0.05) is 4.47 Å². The van der Waals surface area contributed by atoms with Gasteiger partial charge in [-0.25, -0.2) is 0 Å². The van der Waals surface area contributed by atoms with Gasteiger partial charge in [-0.2, -0.15) is 0 Å². The Morgan fingerprint density at radius 3 is 2.68 bits per heavy atom. The molecule has 0 atom stereocenters. The van der Waals surface area contributed by atoms with E-state index in [1.807, 2.05) is 61.5 Å². The molecule has 110 valence electrons. The van der Waals surface area contributed by atoms with Crippen LogP contribution in [0.15, 0.2) is 57.9 Å². The Bertz CT molecular complexity index is 801. The molecule has 0 bridgehead atoms. The Kier molecular flexibility index (Phi) is 4.18. The molecule has 1 saturated heterocycles. The summed E-state index contributed by atoms with van der Waals surface area (Å²) in [6.07, 6.45) is 1.82. The van der Waals surface area contributed by atoms with E-state index in [2.05, 4.69) is 15.9 Å². The number of nitrogens with zero attached hydrogens (tertiary/aromatic N) is 1. The molecule has 0 aliphatic carbocycles. The smallest absolute Gasteiger partial charge is 0.271 e. The second kappa shape index (κ2) is 6.10. The molecular formula is C17H13BrN2OS. The first-order valence-corrected chi connectivity index (χ1v) is 8.30. The van der Waals surface area contributed by atoms with Crippen molar-refractivity contribution in [3.63, 3.8) is 0 Å². The van der Waals surface area contributed by atoms with E-state index in [9.17, 15) is 4.79 Å². The molecule has 1 amide bonds. The van der Waals surface area contributed by atoms with Crippen LogP contribution in [0, 0.1) is 12.3 Å². The number of aryl methyl sites for hydroxylation is 1. The third-order valence-electron chi connectivity index (χ3n) is 3.23. The quantitative estimate of drug-likeness (QED) is 0.768. The summed E-state index contributed by atoms with van der Waals surface area (Å²) in [7, 11) is 0. The van der Waals surface area contributed by atoms with E-state index >= 15 is 0 Å². The van der Waals surface area contributed by atoms with Crippen LogP contribution in [0.4, 0.5) is 5.69 Å². The van der Waals surface area contributed by atoms with Crippen LogP contribution >= 0.6 is 27.7 Å². The molecule has 1 N–H and O–H groups in total. The summed E-state index contributed by atoms with van der Waals surface area (Å²) in [6, 6.07) is 15.4. The molecule has 3 rings (SSSR count). The normalized spacial score (nSPS) is 16.6. The van der Waals surface area contributed by atoms with E-state index < -0.39 is 0 Å². The molecular weight excluding hydrogens is 360 g/mol. The van der Waals surface area contributed by atoms with Gasteiger partial charge in [-0.15, -0.1) is 0 Å².